The number of carbonyl (C=O) groups is 1. The molecule has 0 saturated carbocycles. The summed E-state index contributed by atoms with van der Waals surface area (Å²) in [7, 11) is 1.83. The zero-order valence-electron chi connectivity index (χ0n) is 13.2. The molecule has 0 bridgehead atoms. The third-order valence-electron chi connectivity index (χ3n) is 3.80. The molecule has 0 unspecified atom stereocenters. The molecule has 0 fully saturated rings. The molecule has 0 aliphatic heterocycles. The summed E-state index contributed by atoms with van der Waals surface area (Å²) in [5, 5.41) is 0. The van der Waals surface area contributed by atoms with Crippen molar-refractivity contribution < 1.29 is 4.79 Å². The summed E-state index contributed by atoms with van der Waals surface area (Å²) in [6.07, 6.45) is 2.62. The van der Waals surface area contributed by atoms with Crippen LogP contribution in [0.1, 0.15) is 28.7 Å². The van der Waals surface area contributed by atoms with Crippen LogP contribution in [0.25, 0.3) is 5.65 Å². The van der Waals surface area contributed by atoms with Crippen LogP contribution in [0, 0.1) is 0 Å². The van der Waals surface area contributed by atoms with Crippen molar-refractivity contribution in [2.24, 2.45) is 0 Å². The quantitative estimate of drug-likeness (QED) is 0.696. The molecule has 3 rings (SSSR count). The molecule has 0 radical (unpaired) electrons. The third kappa shape index (κ3) is 3.15. The smallest absolute Gasteiger partial charge is 0.272 e. The lowest BCUT2D eigenvalue weighted by molar-refractivity contribution is 0.0777. The average molecular weight is 372 g/mol. The van der Waals surface area contributed by atoms with E-state index in [-0.39, 0.29) is 5.91 Å². The van der Waals surface area contributed by atoms with E-state index in [4.69, 9.17) is 0 Å². The molecule has 4 nitrogen and oxygen atoms in total. The van der Waals surface area contributed by atoms with Gasteiger partial charge >= 0.3 is 0 Å². The maximum atomic E-state index is 13.0. The zero-order chi connectivity index (χ0) is 16.4. The van der Waals surface area contributed by atoms with Crippen LogP contribution < -0.4 is 0 Å². The number of halogens is 1. The van der Waals surface area contributed by atoms with Crippen molar-refractivity contribution in [3.8, 4) is 0 Å². The predicted molar refractivity (Wildman–Crippen MR) is 94.5 cm³/mol. The molecule has 1 aromatic carbocycles. The molecule has 0 aliphatic rings. The van der Waals surface area contributed by atoms with Gasteiger partial charge in [-0.15, -0.1) is 0 Å². The van der Waals surface area contributed by atoms with E-state index in [0.29, 0.717) is 12.2 Å². The minimum Gasteiger partial charge on any atom is -0.336 e. The van der Waals surface area contributed by atoms with Crippen LogP contribution in [0.2, 0.25) is 0 Å². The van der Waals surface area contributed by atoms with Crippen LogP contribution >= 0.6 is 15.9 Å². The van der Waals surface area contributed by atoms with Gasteiger partial charge < -0.3 is 4.90 Å². The molecule has 0 N–H and O–H groups in total. The Kier molecular flexibility index (Phi) is 4.48. The molecule has 5 heteroatoms. The van der Waals surface area contributed by atoms with Crippen LogP contribution in [0.5, 0.6) is 0 Å². The second-order valence-electron chi connectivity index (χ2n) is 5.48. The van der Waals surface area contributed by atoms with Crippen LogP contribution in [0.3, 0.4) is 0 Å². The van der Waals surface area contributed by atoms with E-state index in [1.165, 1.54) is 0 Å². The van der Waals surface area contributed by atoms with Gasteiger partial charge in [0.15, 0.2) is 0 Å². The minimum absolute atomic E-state index is 0.0173. The number of hydrogen-bond donors (Lipinski definition) is 0. The number of nitrogens with zero attached hydrogens (tertiary/aromatic N) is 3. The molecule has 0 atom stereocenters. The Labute approximate surface area is 143 Å². The third-order valence-corrected chi connectivity index (χ3v) is 4.27. The number of imidazole rings is 1. The van der Waals surface area contributed by atoms with E-state index in [1.807, 2.05) is 67.0 Å². The van der Waals surface area contributed by atoms with Crippen LogP contribution in [-0.4, -0.2) is 27.2 Å². The summed E-state index contributed by atoms with van der Waals surface area (Å²) in [4.78, 5) is 19.3. The molecule has 118 valence electrons. The molecular weight excluding hydrogens is 354 g/mol. The minimum atomic E-state index is -0.0173. The first kappa shape index (κ1) is 15.7. The van der Waals surface area contributed by atoms with Gasteiger partial charge in [-0.25, -0.2) is 4.98 Å². The van der Waals surface area contributed by atoms with Gasteiger partial charge in [0.25, 0.3) is 5.91 Å². The number of rotatable bonds is 4. The molecule has 23 heavy (non-hydrogen) atoms. The van der Waals surface area contributed by atoms with Gasteiger partial charge in [-0.1, -0.05) is 37.3 Å². The second-order valence-corrected chi connectivity index (χ2v) is 6.40. The van der Waals surface area contributed by atoms with E-state index >= 15 is 0 Å². The first-order valence-corrected chi connectivity index (χ1v) is 8.35. The summed E-state index contributed by atoms with van der Waals surface area (Å²) in [5.41, 5.74) is 3.37. The number of hydrogen-bond acceptors (Lipinski definition) is 2. The molecule has 2 heterocycles. The Morgan fingerprint density at radius 2 is 1.96 bits per heavy atom. The largest absolute Gasteiger partial charge is 0.336 e. The predicted octanol–water partition coefficient (Wildman–Crippen LogP) is 3.93. The van der Waals surface area contributed by atoms with Gasteiger partial charge in [0.2, 0.25) is 0 Å². The SMILES string of the molecule is CCc1nc2ccc(Br)cn2c1C(=O)N(C)Cc1ccccc1. The summed E-state index contributed by atoms with van der Waals surface area (Å²) in [6, 6.07) is 13.8. The van der Waals surface area contributed by atoms with E-state index < -0.39 is 0 Å². The van der Waals surface area contributed by atoms with Crippen molar-refractivity contribution in [1.82, 2.24) is 14.3 Å². The molecule has 0 saturated heterocycles. The fourth-order valence-electron chi connectivity index (χ4n) is 2.65. The summed E-state index contributed by atoms with van der Waals surface area (Å²) >= 11 is 3.46. The molecule has 2 aromatic heterocycles. The Hall–Kier alpha value is -2.14. The zero-order valence-corrected chi connectivity index (χ0v) is 14.7. The van der Waals surface area contributed by atoms with E-state index in [2.05, 4.69) is 20.9 Å². The topological polar surface area (TPSA) is 37.6 Å². The Morgan fingerprint density at radius 1 is 1.22 bits per heavy atom. The van der Waals surface area contributed by atoms with Crippen molar-refractivity contribution in [2.75, 3.05) is 7.05 Å². The molecular formula is C18H18BrN3O. The van der Waals surface area contributed by atoms with Crippen molar-refractivity contribution in [3.63, 3.8) is 0 Å². The Bertz CT molecular complexity index is 842. The fourth-order valence-corrected chi connectivity index (χ4v) is 2.99. The van der Waals surface area contributed by atoms with Gasteiger partial charge in [-0.2, -0.15) is 0 Å². The molecule has 0 aliphatic carbocycles. The van der Waals surface area contributed by atoms with Crippen molar-refractivity contribution in [1.29, 1.82) is 0 Å². The summed E-state index contributed by atoms with van der Waals surface area (Å²) < 4.78 is 2.79. The van der Waals surface area contributed by atoms with E-state index in [9.17, 15) is 4.79 Å². The monoisotopic (exact) mass is 371 g/mol. The Balaban J connectivity index is 1.98. The first-order chi connectivity index (χ1) is 11.1. The lowest BCUT2D eigenvalue weighted by Gasteiger charge is -2.18. The highest BCUT2D eigenvalue weighted by molar-refractivity contribution is 9.10. The highest BCUT2D eigenvalue weighted by Crippen LogP contribution is 2.19. The number of aryl methyl sites for hydroxylation is 1. The number of benzene rings is 1. The number of aromatic nitrogens is 2. The molecule has 0 spiro atoms. The number of carbonyl (C=O) groups excluding carboxylic acids is 1. The normalized spacial score (nSPS) is 10.9. The van der Waals surface area contributed by atoms with Gasteiger partial charge in [-0.05, 0) is 40.0 Å². The highest BCUT2D eigenvalue weighted by atomic mass is 79.9. The van der Waals surface area contributed by atoms with Crippen LogP contribution in [0.4, 0.5) is 0 Å². The van der Waals surface area contributed by atoms with E-state index in [1.54, 1.807) is 4.90 Å². The lowest BCUT2D eigenvalue weighted by atomic mass is 10.2. The molecule has 3 aromatic rings. The first-order valence-electron chi connectivity index (χ1n) is 7.56. The maximum Gasteiger partial charge on any atom is 0.272 e. The number of amides is 1. The van der Waals surface area contributed by atoms with Crippen LogP contribution in [-0.2, 0) is 13.0 Å². The van der Waals surface area contributed by atoms with Gasteiger partial charge in [-0.3, -0.25) is 9.20 Å². The number of fused-ring (bicyclic) bond motifs is 1. The van der Waals surface area contributed by atoms with Crippen LogP contribution in [0.15, 0.2) is 53.1 Å². The fraction of sp³-hybridized carbons (Fsp3) is 0.222. The standard InChI is InChI=1S/C18H18BrN3O/c1-3-15-17(22-12-14(19)9-10-16(22)20-15)18(23)21(2)11-13-7-5-4-6-8-13/h4-10,12H,3,11H2,1-2H3. The summed E-state index contributed by atoms with van der Waals surface area (Å²) in [6.45, 7) is 2.59. The molecule has 1 amide bonds. The van der Waals surface area contributed by atoms with Crippen molar-refractivity contribution in [2.45, 2.75) is 19.9 Å². The highest BCUT2D eigenvalue weighted by Gasteiger charge is 2.21. The average Bonchev–Trinajstić information content (AvgIpc) is 2.92. The summed E-state index contributed by atoms with van der Waals surface area (Å²) in [5.74, 6) is -0.0173. The van der Waals surface area contributed by atoms with Gasteiger partial charge in [0.05, 0.1) is 5.69 Å². The van der Waals surface area contributed by atoms with Gasteiger partial charge in [0.1, 0.15) is 11.3 Å². The van der Waals surface area contributed by atoms with E-state index in [0.717, 1.165) is 27.8 Å². The second kappa shape index (κ2) is 6.54. The van der Waals surface area contributed by atoms with Crippen molar-refractivity contribution >= 4 is 27.5 Å². The van der Waals surface area contributed by atoms with Gasteiger partial charge in [0, 0.05) is 24.3 Å². The Morgan fingerprint density at radius 3 is 2.65 bits per heavy atom. The lowest BCUT2D eigenvalue weighted by Crippen LogP contribution is -2.28. The maximum absolute atomic E-state index is 13.0. The van der Waals surface area contributed by atoms with Crippen molar-refractivity contribution in [3.05, 3.63) is 70.1 Å². The number of pyridine rings is 1.